The number of esters is 1. The monoisotopic (exact) mass is 169 g/mol. The third kappa shape index (κ3) is 1.22. The molecule has 3 unspecified atom stereocenters. The first kappa shape index (κ1) is 8.05. The quantitative estimate of drug-likeness (QED) is 0.540. The Balaban J connectivity index is 2.02. The molecule has 0 N–H and O–H groups in total. The van der Waals surface area contributed by atoms with Crippen LogP contribution in [-0.2, 0) is 9.53 Å². The molecule has 12 heavy (non-hydrogen) atoms. The molecule has 68 valence electrons. The summed E-state index contributed by atoms with van der Waals surface area (Å²) in [5.41, 5.74) is 0. The normalized spacial score (nSPS) is 39.6. The molecule has 0 saturated carbocycles. The maximum absolute atomic E-state index is 11.3. The maximum atomic E-state index is 11.3. The summed E-state index contributed by atoms with van der Waals surface area (Å²) in [7, 11) is 1.48. The van der Waals surface area contributed by atoms with Gasteiger partial charge in [-0.3, -0.25) is 9.69 Å². The first-order valence-electron chi connectivity index (χ1n) is 4.63. The number of carbonyl (C=O) groups excluding carboxylic acids is 1. The molecule has 0 aliphatic carbocycles. The van der Waals surface area contributed by atoms with Gasteiger partial charge >= 0.3 is 5.97 Å². The van der Waals surface area contributed by atoms with Crippen LogP contribution in [0, 0.1) is 5.92 Å². The number of nitrogens with zero attached hydrogens (tertiary/aromatic N) is 1. The molecule has 2 heterocycles. The summed E-state index contributed by atoms with van der Waals surface area (Å²) in [5.74, 6) is 0.807. The van der Waals surface area contributed by atoms with Crippen LogP contribution >= 0.6 is 0 Å². The van der Waals surface area contributed by atoms with Gasteiger partial charge in [-0.25, -0.2) is 0 Å². The molecule has 0 aromatic carbocycles. The zero-order chi connectivity index (χ0) is 8.55. The molecule has 2 fully saturated rings. The Bertz CT molecular complexity index is 193. The van der Waals surface area contributed by atoms with E-state index in [2.05, 4.69) is 4.90 Å². The van der Waals surface area contributed by atoms with Gasteiger partial charge in [0.05, 0.1) is 7.11 Å². The number of ether oxygens (including phenoxy) is 1. The number of fused-ring (bicyclic) bond motifs is 2. The number of methoxy groups -OCH3 is 1. The smallest absolute Gasteiger partial charge is 0.323 e. The van der Waals surface area contributed by atoms with E-state index in [1.165, 1.54) is 20.0 Å². The van der Waals surface area contributed by atoms with Gasteiger partial charge in [-0.15, -0.1) is 0 Å². The van der Waals surface area contributed by atoms with Crippen molar-refractivity contribution >= 4 is 5.97 Å². The van der Waals surface area contributed by atoms with Gasteiger partial charge in [0.1, 0.15) is 6.04 Å². The fourth-order valence-corrected chi connectivity index (χ4v) is 2.36. The van der Waals surface area contributed by atoms with Crippen LogP contribution in [-0.4, -0.2) is 37.1 Å². The molecule has 0 radical (unpaired) electrons. The minimum absolute atomic E-state index is 0.0460. The highest BCUT2D eigenvalue weighted by atomic mass is 16.5. The lowest BCUT2D eigenvalue weighted by Gasteiger charge is -2.29. The second-order valence-corrected chi connectivity index (χ2v) is 3.77. The van der Waals surface area contributed by atoms with Crippen molar-refractivity contribution in [3.05, 3.63) is 0 Å². The summed E-state index contributed by atoms with van der Waals surface area (Å²) in [5, 5.41) is 0. The second kappa shape index (κ2) is 3.05. The molecule has 2 saturated heterocycles. The van der Waals surface area contributed by atoms with Gasteiger partial charge in [0, 0.05) is 6.54 Å². The van der Waals surface area contributed by atoms with E-state index in [1.807, 2.05) is 0 Å². The topological polar surface area (TPSA) is 29.5 Å². The average Bonchev–Trinajstić information content (AvgIpc) is 2.47. The molecule has 2 bridgehead atoms. The van der Waals surface area contributed by atoms with Crippen molar-refractivity contribution in [2.24, 2.45) is 5.92 Å². The summed E-state index contributed by atoms with van der Waals surface area (Å²) in [6.07, 6.45) is 3.47. The number of carbonyl (C=O) groups is 1. The Morgan fingerprint density at radius 2 is 2.25 bits per heavy atom. The van der Waals surface area contributed by atoms with Crippen molar-refractivity contribution in [2.75, 3.05) is 20.2 Å². The first-order chi connectivity index (χ1) is 5.81. The molecule has 3 atom stereocenters. The highest BCUT2D eigenvalue weighted by Gasteiger charge is 2.37. The molecular weight excluding hydrogens is 154 g/mol. The average molecular weight is 169 g/mol. The van der Waals surface area contributed by atoms with Crippen LogP contribution in [0.5, 0.6) is 0 Å². The van der Waals surface area contributed by atoms with Gasteiger partial charge < -0.3 is 4.74 Å². The highest BCUT2D eigenvalue weighted by molar-refractivity contribution is 5.75. The van der Waals surface area contributed by atoms with Crippen molar-refractivity contribution in [2.45, 2.75) is 25.3 Å². The summed E-state index contributed by atoms with van der Waals surface area (Å²) in [6, 6.07) is 0.0637. The Hall–Kier alpha value is -0.570. The lowest BCUT2D eigenvalue weighted by molar-refractivity contribution is -0.147. The third-order valence-electron chi connectivity index (χ3n) is 3.08. The van der Waals surface area contributed by atoms with Gasteiger partial charge in [-0.2, -0.15) is 0 Å². The molecule has 2 rings (SSSR count). The lowest BCUT2D eigenvalue weighted by atomic mass is 9.96. The summed E-state index contributed by atoms with van der Waals surface area (Å²) in [4.78, 5) is 13.6. The van der Waals surface area contributed by atoms with Crippen molar-refractivity contribution in [1.29, 1.82) is 0 Å². The van der Waals surface area contributed by atoms with Gasteiger partial charge in [0.2, 0.25) is 0 Å². The van der Waals surface area contributed by atoms with Crippen molar-refractivity contribution in [3.8, 4) is 0 Å². The van der Waals surface area contributed by atoms with E-state index < -0.39 is 0 Å². The Kier molecular flexibility index (Phi) is 2.05. The number of hydrogen-bond donors (Lipinski definition) is 0. The minimum atomic E-state index is -0.0460. The van der Waals surface area contributed by atoms with E-state index in [0.717, 1.165) is 25.4 Å². The molecule has 2 aliphatic heterocycles. The highest BCUT2D eigenvalue weighted by Crippen LogP contribution is 2.31. The van der Waals surface area contributed by atoms with Crippen LogP contribution in [0.15, 0.2) is 0 Å². The largest absolute Gasteiger partial charge is 0.468 e. The predicted octanol–water partition coefficient (Wildman–Crippen LogP) is 0.644. The molecule has 0 spiro atoms. The zero-order valence-electron chi connectivity index (χ0n) is 7.45. The van der Waals surface area contributed by atoms with E-state index in [-0.39, 0.29) is 12.0 Å². The van der Waals surface area contributed by atoms with Crippen LogP contribution < -0.4 is 0 Å². The molecule has 0 aromatic rings. The first-order valence-corrected chi connectivity index (χ1v) is 4.63. The van der Waals surface area contributed by atoms with Gasteiger partial charge in [0.25, 0.3) is 0 Å². The Morgan fingerprint density at radius 3 is 3.00 bits per heavy atom. The Morgan fingerprint density at radius 1 is 1.42 bits per heavy atom. The van der Waals surface area contributed by atoms with Crippen molar-refractivity contribution < 1.29 is 9.53 Å². The zero-order valence-corrected chi connectivity index (χ0v) is 7.45. The van der Waals surface area contributed by atoms with Crippen LogP contribution in [0.4, 0.5) is 0 Å². The van der Waals surface area contributed by atoms with Crippen LogP contribution in [0.3, 0.4) is 0 Å². The van der Waals surface area contributed by atoms with E-state index >= 15 is 0 Å². The fraction of sp³-hybridized carbons (Fsp3) is 0.889. The van der Waals surface area contributed by atoms with E-state index in [4.69, 9.17) is 4.74 Å². The molecule has 2 aliphatic rings. The Labute approximate surface area is 72.7 Å². The van der Waals surface area contributed by atoms with E-state index in [0.29, 0.717) is 0 Å². The summed E-state index contributed by atoms with van der Waals surface area (Å²) >= 11 is 0. The number of hydrogen-bond acceptors (Lipinski definition) is 3. The van der Waals surface area contributed by atoms with E-state index in [1.54, 1.807) is 0 Å². The second-order valence-electron chi connectivity index (χ2n) is 3.77. The van der Waals surface area contributed by atoms with Gasteiger partial charge in [0.15, 0.2) is 0 Å². The minimum Gasteiger partial charge on any atom is -0.468 e. The maximum Gasteiger partial charge on any atom is 0.323 e. The predicted molar refractivity (Wildman–Crippen MR) is 44.7 cm³/mol. The standard InChI is InChI=1S/C9H15NO2/c1-12-9(11)8-3-2-7-4-5-10(8)6-7/h7-8H,2-6H2,1H3. The van der Waals surface area contributed by atoms with E-state index in [9.17, 15) is 4.79 Å². The molecule has 0 aromatic heterocycles. The van der Waals surface area contributed by atoms with Gasteiger partial charge in [-0.1, -0.05) is 0 Å². The molecule has 3 nitrogen and oxygen atoms in total. The van der Waals surface area contributed by atoms with Crippen molar-refractivity contribution in [3.63, 3.8) is 0 Å². The molecule has 0 amide bonds. The molecular formula is C9H15NO2. The van der Waals surface area contributed by atoms with Crippen molar-refractivity contribution in [1.82, 2.24) is 4.90 Å². The van der Waals surface area contributed by atoms with Crippen LogP contribution in [0.1, 0.15) is 19.3 Å². The third-order valence-corrected chi connectivity index (χ3v) is 3.08. The van der Waals surface area contributed by atoms with Gasteiger partial charge in [-0.05, 0) is 31.7 Å². The summed E-state index contributed by atoms with van der Waals surface area (Å²) in [6.45, 7) is 2.20. The summed E-state index contributed by atoms with van der Waals surface area (Å²) < 4.78 is 4.76. The van der Waals surface area contributed by atoms with Crippen LogP contribution in [0.25, 0.3) is 0 Å². The lowest BCUT2D eigenvalue weighted by Crippen LogP contribution is -2.43. The number of piperidine rings is 1. The SMILES string of the molecule is COC(=O)C1CCC2CCN1C2. The van der Waals surface area contributed by atoms with Crippen LogP contribution in [0.2, 0.25) is 0 Å². The number of rotatable bonds is 1. The fourth-order valence-electron chi connectivity index (χ4n) is 2.36. The molecule has 3 heteroatoms.